The standard InChI is InChI=1S/C27H22ClNO7/c1-35-21-12-9-18(28)13-20(21)24(31)22-23(16-7-10-19(30)11-8-16)29(26(33)25(22)32)14-15-3-5-17(6-4-15)27(34)36-2/h3-13,23,30-31H,14H2,1-2H3/b24-22+. The SMILES string of the molecule is COC(=O)c1ccc(CN2C(=O)C(=O)/C(=C(/O)c3cc(Cl)ccc3OC)C2c2ccc(O)cc2)cc1. The molecule has 1 fully saturated rings. The third kappa shape index (κ3) is 4.63. The lowest BCUT2D eigenvalue weighted by molar-refractivity contribution is -0.140. The molecule has 8 nitrogen and oxygen atoms in total. The van der Waals surface area contributed by atoms with E-state index in [9.17, 15) is 24.6 Å². The average Bonchev–Trinajstić information content (AvgIpc) is 3.13. The fourth-order valence-corrected chi connectivity index (χ4v) is 4.29. The van der Waals surface area contributed by atoms with E-state index in [1.54, 1.807) is 48.5 Å². The number of carbonyl (C=O) groups is 3. The molecule has 1 atom stereocenters. The van der Waals surface area contributed by atoms with Crippen LogP contribution < -0.4 is 4.74 Å². The van der Waals surface area contributed by atoms with Crippen LogP contribution in [0.4, 0.5) is 0 Å². The van der Waals surface area contributed by atoms with Gasteiger partial charge in [0.2, 0.25) is 0 Å². The number of aliphatic hydroxyl groups is 1. The zero-order chi connectivity index (χ0) is 26.0. The molecule has 1 amide bonds. The zero-order valence-corrected chi connectivity index (χ0v) is 20.2. The average molecular weight is 508 g/mol. The van der Waals surface area contributed by atoms with Crippen LogP contribution in [0.15, 0.2) is 72.3 Å². The summed E-state index contributed by atoms with van der Waals surface area (Å²) in [6, 6.07) is 16.0. The third-order valence-electron chi connectivity index (χ3n) is 5.89. The maximum absolute atomic E-state index is 13.2. The summed E-state index contributed by atoms with van der Waals surface area (Å²) >= 11 is 6.13. The van der Waals surface area contributed by atoms with Crippen molar-refractivity contribution >= 4 is 35.0 Å². The van der Waals surface area contributed by atoms with Gasteiger partial charge in [0.25, 0.3) is 11.7 Å². The molecule has 9 heteroatoms. The number of aliphatic hydroxyl groups excluding tert-OH is 1. The number of halogens is 1. The lowest BCUT2D eigenvalue weighted by Gasteiger charge is -2.25. The Morgan fingerprint density at radius 3 is 2.28 bits per heavy atom. The number of ether oxygens (including phenoxy) is 2. The molecule has 0 spiro atoms. The van der Waals surface area contributed by atoms with Crippen LogP contribution in [0.1, 0.15) is 33.1 Å². The highest BCUT2D eigenvalue weighted by atomic mass is 35.5. The molecule has 0 saturated carbocycles. The lowest BCUT2D eigenvalue weighted by Crippen LogP contribution is -2.29. The highest BCUT2D eigenvalue weighted by molar-refractivity contribution is 6.46. The number of nitrogens with zero attached hydrogens (tertiary/aromatic N) is 1. The molecule has 0 radical (unpaired) electrons. The van der Waals surface area contributed by atoms with Crippen LogP contribution in [0.25, 0.3) is 5.76 Å². The Morgan fingerprint density at radius 2 is 1.67 bits per heavy atom. The maximum atomic E-state index is 13.2. The largest absolute Gasteiger partial charge is 0.508 e. The van der Waals surface area contributed by atoms with Crippen LogP contribution in [0.5, 0.6) is 11.5 Å². The molecule has 0 aromatic heterocycles. The number of amides is 1. The summed E-state index contributed by atoms with van der Waals surface area (Å²) in [7, 11) is 2.69. The number of hydrogen-bond donors (Lipinski definition) is 2. The first-order valence-corrected chi connectivity index (χ1v) is 11.2. The Morgan fingerprint density at radius 1 is 1.00 bits per heavy atom. The smallest absolute Gasteiger partial charge is 0.337 e. The molecule has 1 heterocycles. The number of benzene rings is 3. The predicted octanol–water partition coefficient (Wildman–Crippen LogP) is 4.46. The lowest BCUT2D eigenvalue weighted by atomic mass is 9.94. The van der Waals surface area contributed by atoms with Gasteiger partial charge < -0.3 is 24.6 Å². The Kier molecular flexibility index (Phi) is 6.98. The first-order valence-electron chi connectivity index (χ1n) is 10.8. The van der Waals surface area contributed by atoms with Crippen molar-refractivity contribution in [3.63, 3.8) is 0 Å². The molecule has 3 aromatic carbocycles. The Bertz CT molecular complexity index is 1360. The van der Waals surface area contributed by atoms with Crippen LogP contribution in [0, 0.1) is 0 Å². The number of ketones is 1. The second kappa shape index (κ2) is 10.1. The number of phenolic OH excluding ortho intramolecular Hbond substituents is 1. The van der Waals surface area contributed by atoms with Gasteiger partial charge in [-0.15, -0.1) is 0 Å². The number of rotatable bonds is 6. The minimum atomic E-state index is -0.963. The van der Waals surface area contributed by atoms with Gasteiger partial charge in [0, 0.05) is 11.6 Å². The molecule has 184 valence electrons. The minimum absolute atomic E-state index is 0.00520. The van der Waals surface area contributed by atoms with Crippen molar-refractivity contribution in [3.05, 3.63) is 99.6 Å². The monoisotopic (exact) mass is 507 g/mol. The molecular formula is C27H22ClNO7. The van der Waals surface area contributed by atoms with Crippen molar-refractivity contribution in [1.29, 1.82) is 0 Å². The van der Waals surface area contributed by atoms with Gasteiger partial charge in [0.05, 0.1) is 37.0 Å². The van der Waals surface area contributed by atoms with Gasteiger partial charge in [-0.2, -0.15) is 0 Å². The molecule has 0 aliphatic carbocycles. The number of methoxy groups -OCH3 is 2. The number of hydrogen-bond acceptors (Lipinski definition) is 7. The number of phenols is 1. The summed E-state index contributed by atoms with van der Waals surface area (Å²) in [4.78, 5) is 39.5. The van der Waals surface area contributed by atoms with E-state index >= 15 is 0 Å². The fraction of sp³-hybridized carbons (Fsp3) is 0.148. The zero-order valence-electron chi connectivity index (χ0n) is 19.4. The van der Waals surface area contributed by atoms with Gasteiger partial charge in [0.15, 0.2) is 0 Å². The van der Waals surface area contributed by atoms with Crippen molar-refractivity contribution in [1.82, 2.24) is 4.90 Å². The van der Waals surface area contributed by atoms with Crippen molar-refractivity contribution in [2.75, 3.05) is 14.2 Å². The molecule has 3 aromatic rings. The third-order valence-corrected chi connectivity index (χ3v) is 6.13. The Balaban J connectivity index is 1.83. The second-order valence-corrected chi connectivity index (χ2v) is 8.49. The first-order chi connectivity index (χ1) is 17.2. The summed E-state index contributed by atoms with van der Waals surface area (Å²) in [5.41, 5.74) is 1.51. The molecule has 1 aliphatic heterocycles. The van der Waals surface area contributed by atoms with Crippen molar-refractivity contribution < 1.29 is 34.1 Å². The predicted molar refractivity (Wildman–Crippen MR) is 132 cm³/mol. The molecule has 0 bridgehead atoms. The summed E-state index contributed by atoms with van der Waals surface area (Å²) < 4.78 is 10.0. The van der Waals surface area contributed by atoms with E-state index in [1.165, 1.54) is 37.3 Å². The topological polar surface area (TPSA) is 113 Å². The Hall–Kier alpha value is -4.30. The number of likely N-dealkylation sites (tertiary alicyclic amines) is 1. The number of carbonyl (C=O) groups excluding carboxylic acids is 3. The van der Waals surface area contributed by atoms with E-state index in [2.05, 4.69) is 0 Å². The summed E-state index contributed by atoms with van der Waals surface area (Å²) in [6.07, 6.45) is 0. The highest BCUT2D eigenvalue weighted by Crippen LogP contribution is 2.42. The van der Waals surface area contributed by atoms with E-state index in [1.807, 2.05) is 0 Å². The van der Waals surface area contributed by atoms with E-state index in [-0.39, 0.29) is 29.2 Å². The first kappa shape index (κ1) is 24.8. The molecule has 1 aliphatic rings. The number of Topliss-reactive ketones (excluding diaryl/α,β-unsaturated/α-hetero) is 1. The van der Waals surface area contributed by atoms with Crippen LogP contribution in [-0.2, 0) is 20.9 Å². The van der Waals surface area contributed by atoms with E-state index in [0.29, 0.717) is 21.7 Å². The quantitative estimate of drug-likeness (QED) is 0.219. The van der Waals surface area contributed by atoms with Crippen LogP contribution in [-0.4, -0.2) is 47.0 Å². The molecule has 1 unspecified atom stereocenters. The van der Waals surface area contributed by atoms with Crippen LogP contribution in [0.2, 0.25) is 5.02 Å². The van der Waals surface area contributed by atoms with Gasteiger partial charge in [-0.3, -0.25) is 9.59 Å². The fourth-order valence-electron chi connectivity index (χ4n) is 4.12. The molecule has 36 heavy (non-hydrogen) atoms. The molecule has 1 saturated heterocycles. The molecule has 4 rings (SSSR count). The van der Waals surface area contributed by atoms with Gasteiger partial charge in [0.1, 0.15) is 17.3 Å². The summed E-state index contributed by atoms with van der Waals surface area (Å²) in [5.74, 6) is -2.35. The minimum Gasteiger partial charge on any atom is -0.508 e. The van der Waals surface area contributed by atoms with Crippen molar-refractivity contribution in [2.24, 2.45) is 0 Å². The van der Waals surface area contributed by atoms with E-state index < -0.39 is 29.5 Å². The van der Waals surface area contributed by atoms with Crippen LogP contribution >= 0.6 is 11.6 Å². The summed E-state index contributed by atoms with van der Waals surface area (Å²) in [5, 5.41) is 21.4. The van der Waals surface area contributed by atoms with E-state index in [4.69, 9.17) is 21.1 Å². The molecule has 2 N–H and O–H groups in total. The second-order valence-electron chi connectivity index (χ2n) is 8.05. The maximum Gasteiger partial charge on any atom is 0.337 e. The van der Waals surface area contributed by atoms with Gasteiger partial charge in [-0.25, -0.2) is 4.79 Å². The van der Waals surface area contributed by atoms with Gasteiger partial charge >= 0.3 is 5.97 Å². The van der Waals surface area contributed by atoms with Gasteiger partial charge in [-0.05, 0) is 53.6 Å². The normalized spacial score (nSPS) is 16.8. The summed E-state index contributed by atoms with van der Waals surface area (Å²) in [6.45, 7) is 0.0149. The van der Waals surface area contributed by atoms with E-state index in [0.717, 1.165) is 0 Å². The van der Waals surface area contributed by atoms with Crippen molar-refractivity contribution in [2.45, 2.75) is 12.6 Å². The highest BCUT2D eigenvalue weighted by Gasteiger charge is 2.46. The van der Waals surface area contributed by atoms with Crippen LogP contribution in [0.3, 0.4) is 0 Å². The van der Waals surface area contributed by atoms with Gasteiger partial charge in [-0.1, -0.05) is 35.9 Å². The number of aromatic hydroxyl groups is 1. The number of esters is 1. The molecular weight excluding hydrogens is 486 g/mol. The van der Waals surface area contributed by atoms with Crippen molar-refractivity contribution in [3.8, 4) is 11.5 Å². The Labute approximate surface area is 211 Å².